The number of aryl methyl sites for hydroxylation is 1. The minimum absolute atomic E-state index is 0.0737. The van der Waals surface area contributed by atoms with Crippen molar-refractivity contribution in [2.24, 2.45) is 0 Å². The van der Waals surface area contributed by atoms with Gasteiger partial charge in [0.05, 0.1) is 12.0 Å². The molecule has 86 valence electrons. The van der Waals surface area contributed by atoms with Crippen molar-refractivity contribution in [2.45, 2.75) is 6.92 Å². The van der Waals surface area contributed by atoms with Crippen LogP contribution in [0.15, 0.2) is 18.2 Å². The lowest BCUT2D eigenvalue weighted by Crippen LogP contribution is -2.25. The Balaban J connectivity index is 3.13. The SMILES string of the molecule is CON(C)C(=O)c1ccc(C)c([N+](=O)[O-])c1. The number of carbonyl (C=O) groups is 1. The van der Waals surface area contributed by atoms with Crippen LogP contribution in [-0.2, 0) is 4.84 Å². The van der Waals surface area contributed by atoms with Crippen molar-refractivity contribution in [3.63, 3.8) is 0 Å². The van der Waals surface area contributed by atoms with Gasteiger partial charge in [0.1, 0.15) is 0 Å². The molecule has 0 aromatic heterocycles. The van der Waals surface area contributed by atoms with Gasteiger partial charge in [0.15, 0.2) is 0 Å². The molecule has 0 fully saturated rings. The molecule has 1 amide bonds. The second-order valence-corrected chi connectivity index (χ2v) is 3.24. The third-order valence-electron chi connectivity index (χ3n) is 2.21. The summed E-state index contributed by atoms with van der Waals surface area (Å²) < 4.78 is 0. The van der Waals surface area contributed by atoms with E-state index >= 15 is 0 Å². The Bertz CT molecular complexity index is 431. The van der Waals surface area contributed by atoms with Crippen molar-refractivity contribution in [1.82, 2.24) is 5.06 Å². The fourth-order valence-electron chi connectivity index (χ4n) is 1.20. The molecule has 0 aliphatic heterocycles. The molecule has 6 heteroatoms. The van der Waals surface area contributed by atoms with Crippen molar-refractivity contribution in [3.8, 4) is 0 Å². The van der Waals surface area contributed by atoms with E-state index in [9.17, 15) is 14.9 Å². The predicted molar refractivity (Wildman–Crippen MR) is 56.9 cm³/mol. The number of nitro groups is 1. The highest BCUT2D eigenvalue weighted by molar-refractivity contribution is 5.94. The van der Waals surface area contributed by atoms with Crippen LogP contribution in [0, 0.1) is 17.0 Å². The van der Waals surface area contributed by atoms with Crippen molar-refractivity contribution < 1.29 is 14.6 Å². The summed E-state index contributed by atoms with van der Waals surface area (Å²) >= 11 is 0. The first-order valence-electron chi connectivity index (χ1n) is 4.54. The number of nitro benzene ring substituents is 1. The van der Waals surface area contributed by atoms with Gasteiger partial charge in [-0.2, -0.15) is 0 Å². The lowest BCUT2D eigenvalue weighted by molar-refractivity contribution is -0.385. The molecule has 0 radical (unpaired) electrons. The molecule has 16 heavy (non-hydrogen) atoms. The average Bonchev–Trinajstić information content (AvgIpc) is 2.27. The third-order valence-corrected chi connectivity index (χ3v) is 2.21. The molecule has 0 bridgehead atoms. The molecule has 0 atom stereocenters. The van der Waals surface area contributed by atoms with Crippen molar-refractivity contribution in [1.29, 1.82) is 0 Å². The first-order valence-corrected chi connectivity index (χ1v) is 4.54. The molecule has 0 aliphatic carbocycles. The molecule has 0 unspecified atom stereocenters. The molecule has 1 aromatic rings. The summed E-state index contributed by atoms with van der Waals surface area (Å²) in [6.07, 6.45) is 0. The molecule has 0 heterocycles. The maximum atomic E-state index is 11.6. The minimum atomic E-state index is -0.515. The van der Waals surface area contributed by atoms with Gasteiger partial charge in [-0.25, -0.2) is 5.06 Å². The number of amides is 1. The van der Waals surface area contributed by atoms with Gasteiger partial charge in [0.25, 0.3) is 11.6 Å². The van der Waals surface area contributed by atoms with E-state index in [1.165, 1.54) is 32.4 Å². The second kappa shape index (κ2) is 4.71. The van der Waals surface area contributed by atoms with Gasteiger partial charge in [0, 0.05) is 24.2 Å². The molecule has 0 spiro atoms. The van der Waals surface area contributed by atoms with Gasteiger partial charge in [-0.3, -0.25) is 19.7 Å². The fraction of sp³-hybridized carbons (Fsp3) is 0.300. The van der Waals surface area contributed by atoms with E-state index in [1.807, 2.05) is 0 Å². The number of hydrogen-bond acceptors (Lipinski definition) is 4. The predicted octanol–water partition coefficient (Wildman–Crippen LogP) is 1.54. The van der Waals surface area contributed by atoms with E-state index in [0.29, 0.717) is 5.56 Å². The van der Waals surface area contributed by atoms with Crippen LogP contribution in [0.25, 0.3) is 0 Å². The lowest BCUT2D eigenvalue weighted by atomic mass is 10.1. The Morgan fingerprint density at radius 2 is 2.12 bits per heavy atom. The molecule has 0 saturated carbocycles. The monoisotopic (exact) mass is 224 g/mol. The largest absolute Gasteiger partial charge is 0.277 e. The summed E-state index contributed by atoms with van der Waals surface area (Å²) in [6.45, 7) is 1.62. The highest BCUT2D eigenvalue weighted by atomic mass is 16.7. The van der Waals surface area contributed by atoms with Crippen LogP contribution in [0.3, 0.4) is 0 Å². The summed E-state index contributed by atoms with van der Waals surface area (Å²) in [5.74, 6) is -0.425. The summed E-state index contributed by atoms with van der Waals surface area (Å²) in [4.78, 5) is 26.5. The van der Waals surface area contributed by atoms with Crippen molar-refractivity contribution >= 4 is 11.6 Å². The molecule has 6 nitrogen and oxygen atoms in total. The second-order valence-electron chi connectivity index (χ2n) is 3.24. The van der Waals surface area contributed by atoms with Crippen LogP contribution < -0.4 is 0 Å². The zero-order valence-electron chi connectivity index (χ0n) is 9.26. The quantitative estimate of drug-likeness (QED) is 0.576. The van der Waals surface area contributed by atoms with Gasteiger partial charge < -0.3 is 0 Å². The number of carbonyl (C=O) groups excluding carboxylic acids is 1. The molecule has 1 aromatic carbocycles. The standard InChI is InChI=1S/C10H12N2O4/c1-7-4-5-8(6-9(7)12(14)15)10(13)11(2)16-3/h4-6H,1-3H3. The smallest absolute Gasteiger partial charge is 0.274 e. The molecule has 1 rings (SSSR count). The van der Waals surface area contributed by atoms with Crippen LogP contribution in [0.5, 0.6) is 0 Å². The topological polar surface area (TPSA) is 72.7 Å². The van der Waals surface area contributed by atoms with Crippen molar-refractivity contribution in [2.75, 3.05) is 14.2 Å². The first-order chi connectivity index (χ1) is 7.47. The van der Waals surface area contributed by atoms with Gasteiger partial charge in [-0.1, -0.05) is 6.07 Å². The van der Waals surface area contributed by atoms with Gasteiger partial charge in [-0.15, -0.1) is 0 Å². The number of hydroxylamine groups is 2. The lowest BCUT2D eigenvalue weighted by Gasteiger charge is -2.13. The summed E-state index contributed by atoms with van der Waals surface area (Å²) in [6, 6.07) is 4.31. The Morgan fingerprint density at radius 3 is 2.62 bits per heavy atom. The molecular formula is C10H12N2O4. The average molecular weight is 224 g/mol. The Morgan fingerprint density at radius 1 is 1.50 bits per heavy atom. The number of hydrogen-bond donors (Lipinski definition) is 0. The highest BCUT2D eigenvalue weighted by Crippen LogP contribution is 2.19. The van der Waals surface area contributed by atoms with E-state index in [0.717, 1.165) is 5.06 Å². The Labute approximate surface area is 92.5 Å². The minimum Gasteiger partial charge on any atom is -0.274 e. The molecule has 0 aliphatic rings. The van der Waals surface area contributed by atoms with E-state index in [2.05, 4.69) is 0 Å². The number of rotatable bonds is 3. The van der Waals surface area contributed by atoms with E-state index in [4.69, 9.17) is 4.84 Å². The first kappa shape index (κ1) is 12.1. The Hall–Kier alpha value is -1.95. The van der Waals surface area contributed by atoms with E-state index in [-0.39, 0.29) is 11.3 Å². The zero-order chi connectivity index (χ0) is 12.3. The normalized spacial score (nSPS) is 9.94. The van der Waals surface area contributed by atoms with Gasteiger partial charge in [0.2, 0.25) is 0 Å². The van der Waals surface area contributed by atoms with Crippen molar-refractivity contribution in [3.05, 3.63) is 39.4 Å². The van der Waals surface area contributed by atoms with Crippen LogP contribution in [0.2, 0.25) is 0 Å². The number of nitrogens with zero attached hydrogens (tertiary/aromatic N) is 2. The summed E-state index contributed by atoms with van der Waals surface area (Å²) in [5, 5.41) is 11.7. The third kappa shape index (κ3) is 2.34. The van der Waals surface area contributed by atoms with Crippen LogP contribution in [0.4, 0.5) is 5.69 Å². The summed E-state index contributed by atoms with van der Waals surface area (Å²) in [5.41, 5.74) is 0.665. The molecule has 0 N–H and O–H groups in total. The maximum absolute atomic E-state index is 11.6. The summed E-state index contributed by atoms with van der Waals surface area (Å²) in [7, 11) is 2.79. The van der Waals surface area contributed by atoms with E-state index in [1.54, 1.807) is 6.92 Å². The van der Waals surface area contributed by atoms with Crippen LogP contribution >= 0.6 is 0 Å². The van der Waals surface area contributed by atoms with Crippen LogP contribution in [0.1, 0.15) is 15.9 Å². The van der Waals surface area contributed by atoms with Crippen LogP contribution in [-0.4, -0.2) is 30.1 Å². The van der Waals surface area contributed by atoms with Gasteiger partial charge >= 0.3 is 0 Å². The Kier molecular flexibility index (Phi) is 3.57. The fourth-order valence-corrected chi connectivity index (χ4v) is 1.20. The van der Waals surface area contributed by atoms with E-state index < -0.39 is 10.8 Å². The van der Waals surface area contributed by atoms with Gasteiger partial charge in [-0.05, 0) is 13.0 Å². The highest BCUT2D eigenvalue weighted by Gasteiger charge is 2.17. The zero-order valence-corrected chi connectivity index (χ0v) is 9.26. The molecular weight excluding hydrogens is 212 g/mol. The maximum Gasteiger partial charge on any atom is 0.277 e. The molecule has 0 saturated heterocycles. The number of benzene rings is 1.